The molecule has 0 radical (unpaired) electrons. The zero-order valence-electron chi connectivity index (χ0n) is 15.9. The molecule has 28 heavy (non-hydrogen) atoms. The van der Waals surface area contributed by atoms with Crippen molar-refractivity contribution in [1.29, 1.82) is 0 Å². The molecule has 0 saturated carbocycles. The van der Waals surface area contributed by atoms with Gasteiger partial charge in [0.15, 0.2) is 6.10 Å². The summed E-state index contributed by atoms with van der Waals surface area (Å²) in [5, 5.41) is 2.68. The summed E-state index contributed by atoms with van der Waals surface area (Å²) in [5.41, 5.74) is 3.73. The Morgan fingerprint density at radius 3 is 2.43 bits per heavy atom. The number of aromatic nitrogens is 2. The van der Waals surface area contributed by atoms with Crippen molar-refractivity contribution in [2.45, 2.75) is 39.2 Å². The van der Waals surface area contributed by atoms with Gasteiger partial charge < -0.3 is 20.0 Å². The van der Waals surface area contributed by atoms with E-state index in [2.05, 4.69) is 22.2 Å². The molecule has 0 unspecified atom stereocenters. The van der Waals surface area contributed by atoms with E-state index in [1.54, 1.807) is 18.2 Å². The molecule has 0 fully saturated rings. The second-order valence-corrected chi connectivity index (χ2v) is 6.63. The van der Waals surface area contributed by atoms with Gasteiger partial charge in [-0.25, -0.2) is 4.79 Å². The van der Waals surface area contributed by atoms with Crippen molar-refractivity contribution in [2.75, 3.05) is 5.32 Å². The van der Waals surface area contributed by atoms with E-state index >= 15 is 0 Å². The SMILES string of the molecule is CCc1ccc(CCC(=O)O[C@H](C)C(=O)Nc2ccc3[nH]c(=O)[nH]c3c2)cc1. The van der Waals surface area contributed by atoms with E-state index in [0.717, 1.165) is 12.0 Å². The molecule has 7 heteroatoms. The van der Waals surface area contributed by atoms with Crippen LogP contribution in [0, 0.1) is 0 Å². The number of ether oxygens (including phenoxy) is 1. The number of carbonyl (C=O) groups is 2. The summed E-state index contributed by atoms with van der Waals surface area (Å²) >= 11 is 0. The zero-order valence-corrected chi connectivity index (χ0v) is 15.9. The summed E-state index contributed by atoms with van der Waals surface area (Å²) in [5.74, 6) is -0.856. The number of H-pyrrole nitrogens is 2. The summed E-state index contributed by atoms with van der Waals surface area (Å²) in [4.78, 5) is 40.8. The van der Waals surface area contributed by atoms with Gasteiger partial charge in [-0.3, -0.25) is 9.59 Å². The molecule has 1 amide bonds. The molecule has 0 bridgehead atoms. The summed E-state index contributed by atoms with van der Waals surface area (Å²) in [6, 6.07) is 13.1. The Bertz CT molecular complexity index is 1030. The zero-order chi connectivity index (χ0) is 20.1. The lowest BCUT2D eigenvalue weighted by atomic mass is 10.1. The van der Waals surface area contributed by atoms with Crippen LogP contribution < -0.4 is 11.0 Å². The summed E-state index contributed by atoms with van der Waals surface area (Å²) in [7, 11) is 0. The van der Waals surface area contributed by atoms with Gasteiger partial charge in [-0.2, -0.15) is 0 Å². The number of anilines is 1. The van der Waals surface area contributed by atoms with Gasteiger partial charge in [0.1, 0.15) is 0 Å². The molecule has 3 N–H and O–H groups in total. The monoisotopic (exact) mass is 381 g/mol. The molecule has 2 aromatic carbocycles. The van der Waals surface area contributed by atoms with Crippen LogP contribution in [0.15, 0.2) is 47.3 Å². The Hall–Kier alpha value is -3.35. The molecule has 3 aromatic rings. The first-order valence-electron chi connectivity index (χ1n) is 9.25. The highest BCUT2D eigenvalue weighted by molar-refractivity contribution is 5.96. The van der Waals surface area contributed by atoms with Gasteiger partial charge in [-0.15, -0.1) is 0 Å². The maximum atomic E-state index is 12.3. The van der Waals surface area contributed by atoms with Gasteiger partial charge in [0.05, 0.1) is 11.0 Å². The molecule has 0 aliphatic carbocycles. The lowest BCUT2D eigenvalue weighted by Gasteiger charge is -2.13. The van der Waals surface area contributed by atoms with Crippen LogP contribution in [0.4, 0.5) is 5.69 Å². The van der Waals surface area contributed by atoms with Crippen molar-refractivity contribution >= 4 is 28.6 Å². The minimum Gasteiger partial charge on any atom is -0.453 e. The second-order valence-electron chi connectivity index (χ2n) is 6.63. The predicted molar refractivity (Wildman–Crippen MR) is 107 cm³/mol. The molecule has 1 atom stereocenters. The maximum Gasteiger partial charge on any atom is 0.323 e. The molecule has 7 nitrogen and oxygen atoms in total. The average Bonchev–Trinajstić information content (AvgIpc) is 3.06. The fourth-order valence-electron chi connectivity index (χ4n) is 2.85. The van der Waals surface area contributed by atoms with Crippen molar-refractivity contribution in [3.63, 3.8) is 0 Å². The van der Waals surface area contributed by atoms with E-state index < -0.39 is 18.0 Å². The number of nitrogens with one attached hydrogen (secondary N) is 3. The molecule has 0 saturated heterocycles. The lowest BCUT2D eigenvalue weighted by Crippen LogP contribution is -2.30. The van der Waals surface area contributed by atoms with E-state index in [4.69, 9.17) is 4.74 Å². The summed E-state index contributed by atoms with van der Waals surface area (Å²) in [6.45, 7) is 3.62. The van der Waals surface area contributed by atoms with Crippen LogP contribution in [0.5, 0.6) is 0 Å². The Kier molecular flexibility index (Phi) is 5.93. The second kappa shape index (κ2) is 8.56. The van der Waals surface area contributed by atoms with Gasteiger partial charge >= 0.3 is 11.7 Å². The fourth-order valence-corrected chi connectivity index (χ4v) is 2.85. The van der Waals surface area contributed by atoms with E-state index in [0.29, 0.717) is 23.1 Å². The Morgan fingerprint density at radius 1 is 1.04 bits per heavy atom. The van der Waals surface area contributed by atoms with Crippen LogP contribution >= 0.6 is 0 Å². The van der Waals surface area contributed by atoms with Crippen molar-refractivity contribution in [3.05, 3.63) is 64.1 Å². The van der Waals surface area contributed by atoms with Crippen molar-refractivity contribution in [1.82, 2.24) is 9.97 Å². The van der Waals surface area contributed by atoms with Crippen molar-refractivity contribution < 1.29 is 14.3 Å². The maximum absolute atomic E-state index is 12.3. The highest BCUT2D eigenvalue weighted by atomic mass is 16.5. The number of rotatable bonds is 7. The van der Waals surface area contributed by atoms with Gasteiger partial charge in [0.2, 0.25) is 0 Å². The van der Waals surface area contributed by atoms with E-state index in [1.807, 2.05) is 24.3 Å². The minimum absolute atomic E-state index is 0.208. The van der Waals surface area contributed by atoms with Crippen molar-refractivity contribution in [3.8, 4) is 0 Å². The van der Waals surface area contributed by atoms with Gasteiger partial charge in [0.25, 0.3) is 5.91 Å². The number of aryl methyl sites for hydroxylation is 2. The number of benzene rings is 2. The number of carbonyl (C=O) groups excluding carboxylic acids is 2. The normalized spacial score (nSPS) is 11.9. The third kappa shape index (κ3) is 4.88. The van der Waals surface area contributed by atoms with Gasteiger partial charge in [-0.1, -0.05) is 31.2 Å². The van der Waals surface area contributed by atoms with Crippen molar-refractivity contribution in [2.24, 2.45) is 0 Å². The number of fused-ring (bicyclic) bond motifs is 1. The van der Waals surface area contributed by atoms with Gasteiger partial charge in [-0.05, 0) is 49.1 Å². The number of imidazole rings is 1. The molecule has 0 aliphatic rings. The van der Waals surface area contributed by atoms with Crippen LogP contribution in [-0.2, 0) is 27.2 Å². The average molecular weight is 381 g/mol. The third-order valence-electron chi connectivity index (χ3n) is 4.51. The first-order chi connectivity index (χ1) is 13.4. The minimum atomic E-state index is -0.920. The van der Waals surface area contributed by atoms with Crippen LogP contribution in [0.3, 0.4) is 0 Å². The quantitative estimate of drug-likeness (QED) is 0.547. The van der Waals surface area contributed by atoms with Crippen LogP contribution in [0.25, 0.3) is 11.0 Å². The first-order valence-corrected chi connectivity index (χ1v) is 9.25. The van der Waals surface area contributed by atoms with E-state index in [9.17, 15) is 14.4 Å². The highest BCUT2D eigenvalue weighted by Crippen LogP contribution is 2.15. The molecule has 0 aliphatic heterocycles. The van der Waals surface area contributed by atoms with E-state index in [1.165, 1.54) is 12.5 Å². The Morgan fingerprint density at radius 2 is 1.71 bits per heavy atom. The summed E-state index contributed by atoms with van der Waals surface area (Å²) < 4.78 is 5.23. The molecule has 1 aromatic heterocycles. The third-order valence-corrected chi connectivity index (χ3v) is 4.51. The number of esters is 1. The lowest BCUT2D eigenvalue weighted by molar-refractivity contribution is -0.153. The smallest absolute Gasteiger partial charge is 0.323 e. The first kappa shape index (κ1) is 19.4. The topological polar surface area (TPSA) is 104 Å². The van der Waals surface area contributed by atoms with Gasteiger partial charge in [0, 0.05) is 12.1 Å². The fraction of sp³-hybridized carbons (Fsp3) is 0.286. The standard InChI is InChI=1S/C21H23N3O4/c1-3-14-4-6-15(7-5-14)8-11-19(25)28-13(2)20(26)22-16-9-10-17-18(12-16)24-21(27)23-17/h4-7,9-10,12-13H,3,8,11H2,1-2H3,(H,22,26)(H2,23,24,27)/t13-/m1/s1. The number of hydrogen-bond donors (Lipinski definition) is 3. The predicted octanol–water partition coefficient (Wildman–Crippen LogP) is 2.92. The highest BCUT2D eigenvalue weighted by Gasteiger charge is 2.18. The molecule has 0 spiro atoms. The van der Waals surface area contributed by atoms with Crippen LogP contribution in [-0.4, -0.2) is 27.9 Å². The largest absolute Gasteiger partial charge is 0.453 e. The van der Waals surface area contributed by atoms with Crippen LogP contribution in [0.1, 0.15) is 31.4 Å². The number of aromatic amines is 2. The number of amides is 1. The molecule has 1 heterocycles. The van der Waals surface area contributed by atoms with E-state index in [-0.39, 0.29) is 12.1 Å². The Balaban J connectivity index is 1.50. The molecular weight excluding hydrogens is 358 g/mol. The Labute approximate surface area is 162 Å². The summed E-state index contributed by atoms with van der Waals surface area (Å²) in [6.07, 6.45) is 0.826. The molecular formula is C21H23N3O4. The molecule has 146 valence electrons. The molecule has 3 rings (SSSR count). The number of hydrogen-bond acceptors (Lipinski definition) is 4. The van der Waals surface area contributed by atoms with Crippen LogP contribution in [0.2, 0.25) is 0 Å².